The fourth-order valence-electron chi connectivity index (χ4n) is 2.65. The maximum atomic E-state index is 5.17. The molecule has 1 aliphatic rings. The standard InChI is InChI=1S/C14H25N3O/c1-11(17-7-5-4-6-8-17)9-15-10-14-12(2)16-18-13(14)3/h11,15H,4-10H2,1-3H3. The molecule has 1 unspecified atom stereocenters. The molecule has 0 spiro atoms. The fourth-order valence-corrected chi connectivity index (χ4v) is 2.65. The van der Waals surface area contributed by atoms with Gasteiger partial charge in [-0.15, -0.1) is 0 Å². The molecule has 0 aromatic carbocycles. The molecule has 2 rings (SSSR count). The van der Waals surface area contributed by atoms with Gasteiger partial charge in [0.2, 0.25) is 0 Å². The first kappa shape index (κ1) is 13.6. The number of aromatic nitrogens is 1. The van der Waals surface area contributed by atoms with Gasteiger partial charge < -0.3 is 9.84 Å². The van der Waals surface area contributed by atoms with E-state index in [0.29, 0.717) is 6.04 Å². The minimum Gasteiger partial charge on any atom is -0.361 e. The lowest BCUT2D eigenvalue weighted by Crippen LogP contribution is -2.43. The molecule has 0 amide bonds. The number of nitrogens with zero attached hydrogens (tertiary/aromatic N) is 2. The SMILES string of the molecule is Cc1noc(C)c1CNCC(C)N1CCCCC1. The Morgan fingerprint density at radius 1 is 1.28 bits per heavy atom. The molecule has 1 N–H and O–H groups in total. The zero-order valence-corrected chi connectivity index (χ0v) is 11.8. The molecule has 4 nitrogen and oxygen atoms in total. The largest absolute Gasteiger partial charge is 0.361 e. The van der Waals surface area contributed by atoms with Crippen LogP contribution < -0.4 is 5.32 Å². The van der Waals surface area contributed by atoms with E-state index >= 15 is 0 Å². The van der Waals surface area contributed by atoms with Crippen LogP contribution in [0.5, 0.6) is 0 Å². The molecule has 0 radical (unpaired) electrons. The highest BCUT2D eigenvalue weighted by molar-refractivity contribution is 5.20. The third-order valence-corrected chi connectivity index (χ3v) is 3.94. The van der Waals surface area contributed by atoms with Gasteiger partial charge in [0.25, 0.3) is 0 Å². The van der Waals surface area contributed by atoms with Crippen LogP contribution in [0.1, 0.15) is 43.2 Å². The Morgan fingerprint density at radius 3 is 2.61 bits per heavy atom. The summed E-state index contributed by atoms with van der Waals surface area (Å²) in [6.07, 6.45) is 4.11. The van der Waals surface area contributed by atoms with E-state index in [2.05, 4.69) is 22.3 Å². The summed E-state index contributed by atoms with van der Waals surface area (Å²) in [5.74, 6) is 0.936. The molecule has 0 aliphatic carbocycles. The van der Waals surface area contributed by atoms with Gasteiger partial charge in [0.1, 0.15) is 5.76 Å². The maximum absolute atomic E-state index is 5.17. The maximum Gasteiger partial charge on any atom is 0.138 e. The molecule has 1 aromatic heterocycles. The van der Waals surface area contributed by atoms with E-state index < -0.39 is 0 Å². The van der Waals surface area contributed by atoms with Crippen molar-refractivity contribution in [3.63, 3.8) is 0 Å². The zero-order chi connectivity index (χ0) is 13.0. The van der Waals surface area contributed by atoms with Gasteiger partial charge in [0.05, 0.1) is 5.69 Å². The van der Waals surface area contributed by atoms with Gasteiger partial charge in [-0.2, -0.15) is 0 Å². The molecule has 1 aromatic rings. The summed E-state index contributed by atoms with van der Waals surface area (Å²) in [5.41, 5.74) is 2.21. The third kappa shape index (κ3) is 3.33. The second-order valence-electron chi connectivity index (χ2n) is 5.38. The lowest BCUT2D eigenvalue weighted by Gasteiger charge is -2.32. The predicted molar refractivity (Wildman–Crippen MR) is 72.6 cm³/mol. The summed E-state index contributed by atoms with van der Waals surface area (Å²) in [7, 11) is 0. The number of hydrogen-bond donors (Lipinski definition) is 1. The van der Waals surface area contributed by atoms with Crippen molar-refractivity contribution in [3.8, 4) is 0 Å². The highest BCUT2D eigenvalue weighted by Gasteiger charge is 2.16. The Balaban J connectivity index is 1.74. The van der Waals surface area contributed by atoms with Crippen molar-refractivity contribution in [2.75, 3.05) is 19.6 Å². The molecule has 1 atom stereocenters. The predicted octanol–water partition coefficient (Wildman–Crippen LogP) is 2.26. The number of likely N-dealkylation sites (tertiary alicyclic amines) is 1. The Morgan fingerprint density at radius 2 is 2.00 bits per heavy atom. The topological polar surface area (TPSA) is 41.3 Å². The number of nitrogens with one attached hydrogen (secondary N) is 1. The van der Waals surface area contributed by atoms with Gasteiger partial charge in [-0.05, 0) is 46.7 Å². The monoisotopic (exact) mass is 251 g/mol. The van der Waals surface area contributed by atoms with Crippen molar-refractivity contribution in [2.24, 2.45) is 0 Å². The van der Waals surface area contributed by atoms with Gasteiger partial charge in [-0.25, -0.2) is 0 Å². The second-order valence-corrected chi connectivity index (χ2v) is 5.38. The lowest BCUT2D eigenvalue weighted by molar-refractivity contribution is 0.170. The normalized spacial score (nSPS) is 19.1. The van der Waals surface area contributed by atoms with E-state index in [4.69, 9.17) is 4.52 Å². The van der Waals surface area contributed by atoms with Crippen LogP contribution in [0, 0.1) is 13.8 Å². The van der Waals surface area contributed by atoms with Crippen molar-refractivity contribution in [1.29, 1.82) is 0 Å². The van der Waals surface area contributed by atoms with Crippen LogP contribution >= 0.6 is 0 Å². The molecule has 0 saturated carbocycles. The fraction of sp³-hybridized carbons (Fsp3) is 0.786. The quantitative estimate of drug-likeness (QED) is 0.871. The number of rotatable bonds is 5. The van der Waals surface area contributed by atoms with Crippen LogP contribution in [0.25, 0.3) is 0 Å². The van der Waals surface area contributed by atoms with Gasteiger partial charge in [0.15, 0.2) is 0 Å². The average Bonchev–Trinajstić information content (AvgIpc) is 2.71. The molecular weight excluding hydrogens is 226 g/mol. The van der Waals surface area contributed by atoms with Gasteiger partial charge >= 0.3 is 0 Å². The van der Waals surface area contributed by atoms with Crippen molar-refractivity contribution in [1.82, 2.24) is 15.4 Å². The Labute approximate surface area is 110 Å². The smallest absolute Gasteiger partial charge is 0.138 e. The van der Waals surface area contributed by atoms with Crippen LogP contribution in [0.3, 0.4) is 0 Å². The molecule has 0 bridgehead atoms. The van der Waals surface area contributed by atoms with Crippen molar-refractivity contribution in [3.05, 3.63) is 17.0 Å². The summed E-state index contributed by atoms with van der Waals surface area (Å²) in [6.45, 7) is 10.7. The first-order chi connectivity index (χ1) is 8.68. The minimum absolute atomic E-state index is 0.616. The van der Waals surface area contributed by atoms with Crippen LogP contribution in [0.15, 0.2) is 4.52 Å². The van der Waals surface area contributed by atoms with Crippen molar-refractivity contribution < 1.29 is 4.52 Å². The molecule has 1 fully saturated rings. The molecule has 1 aliphatic heterocycles. The van der Waals surface area contributed by atoms with E-state index in [9.17, 15) is 0 Å². The summed E-state index contributed by atoms with van der Waals surface area (Å²) >= 11 is 0. The molecule has 2 heterocycles. The summed E-state index contributed by atoms with van der Waals surface area (Å²) in [6, 6.07) is 0.616. The Hall–Kier alpha value is -0.870. The van der Waals surface area contributed by atoms with Gasteiger partial charge in [-0.1, -0.05) is 11.6 Å². The highest BCUT2D eigenvalue weighted by Crippen LogP contribution is 2.13. The van der Waals surface area contributed by atoms with Crippen LogP contribution in [0.2, 0.25) is 0 Å². The van der Waals surface area contributed by atoms with Gasteiger partial charge in [0, 0.05) is 24.7 Å². The van der Waals surface area contributed by atoms with E-state index in [1.807, 2.05) is 13.8 Å². The molecule has 4 heteroatoms. The van der Waals surface area contributed by atoms with Crippen LogP contribution in [-0.4, -0.2) is 35.7 Å². The molecule has 18 heavy (non-hydrogen) atoms. The van der Waals surface area contributed by atoms with Gasteiger partial charge in [-0.3, -0.25) is 4.90 Å². The molecular formula is C14H25N3O. The second kappa shape index (κ2) is 6.34. The number of hydrogen-bond acceptors (Lipinski definition) is 4. The van der Waals surface area contributed by atoms with E-state index in [1.54, 1.807) is 0 Å². The first-order valence-corrected chi connectivity index (χ1v) is 7.05. The Bertz CT molecular complexity index is 350. The number of piperidine rings is 1. The summed E-state index contributed by atoms with van der Waals surface area (Å²) < 4.78 is 5.17. The van der Waals surface area contributed by atoms with Crippen LogP contribution in [0.4, 0.5) is 0 Å². The lowest BCUT2D eigenvalue weighted by atomic mass is 10.1. The number of aryl methyl sites for hydroxylation is 2. The molecule has 1 saturated heterocycles. The van der Waals surface area contributed by atoms with E-state index in [0.717, 1.165) is 24.5 Å². The average molecular weight is 251 g/mol. The molecule has 102 valence electrons. The summed E-state index contributed by atoms with van der Waals surface area (Å²) in [4.78, 5) is 2.59. The van der Waals surface area contributed by atoms with Crippen molar-refractivity contribution >= 4 is 0 Å². The minimum atomic E-state index is 0.616. The zero-order valence-electron chi connectivity index (χ0n) is 11.8. The first-order valence-electron chi connectivity index (χ1n) is 7.05. The Kier molecular flexibility index (Phi) is 4.78. The highest BCUT2D eigenvalue weighted by atomic mass is 16.5. The van der Waals surface area contributed by atoms with Crippen molar-refractivity contribution in [2.45, 2.75) is 52.6 Å². The third-order valence-electron chi connectivity index (χ3n) is 3.94. The van der Waals surface area contributed by atoms with E-state index in [-0.39, 0.29) is 0 Å². The van der Waals surface area contributed by atoms with E-state index in [1.165, 1.54) is 37.9 Å². The summed E-state index contributed by atoms with van der Waals surface area (Å²) in [5, 5.41) is 7.50. The van der Waals surface area contributed by atoms with Crippen LogP contribution in [-0.2, 0) is 6.54 Å².